The van der Waals surface area contributed by atoms with E-state index >= 15 is 0 Å². The second-order valence-electron chi connectivity index (χ2n) is 16.7. The van der Waals surface area contributed by atoms with Gasteiger partial charge in [0.15, 0.2) is 12.4 Å². The summed E-state index contributed by atoms with van der Waals surface area (Å²) in [5, 5.41) is 14.9. The van der Waals surface area contributed by atoms with Gasteiger partial charge < -0.3 is 19.9 Å². The number of fused-ring (bicyclic) bond motifs is 5. The zero-order valence-electron chi connectivity index (χ0n) is 29.6. The molecule has 4 fully saturated rings. The van der Waals surface area contributed by atoms with Crippen LogP contribution in [0.4, 0.5) is 0 Å². The number of carbonyl (C=O) groups excluding carboxylic acids is 5. The van der Waals surface area contributed by atoms with Crippen LogP contribution in [0.25, 0.3) is 0 Å². The van der Waals surface area contributed by atoms with Crippen molar-refractivity contribution in [2.45, 2.75) is 121 Å². The summed E-state index contributed by atoms with van der Waals surface area (Å²) in [5.74, 6) is -1.55. The molecule has 1 saturated heterocycles. The Hall–Kier alpha value is -3.17. The number of rotatable bonds is 10. The summed E-state index contributed by atoms with van der Waals surface area (Å²) in [5.41, 5.74) is -1.17. The second-order valence-corrected chi connectivity index (χ2v) is 16.7. The topological polar surface area (TPSA) is 136 Å². The monoisotopic (exact) mass is 675 g/mol. The van der Waals surface area contributed by atoms with Gasteiger partial charge in [0.1, 0.15) is 11.4 Å². The molecular weight excluding hydrogens is 622 g/mol. The van der Waals surface area contributed by atoms with Crippen LogP contribution in [-0.4, -0.2) is 65.3 Å². The molecule has 5 aliphatic rings. The molecule has 4 aliphatic carbocycles. The van der Waals surface area contributed by atoms with Crippen LogP contribution in [0.3, 0.4) is 0 Å². The number of benzene rings is 1. The number of Topliss-reactive ketones (excluding diaryl/α,β-unsaturated/α-hetero) is 2. The Labute approximate surface area is 289 Å². The largest absolute Gasteiger partial charge is 0.458 e. The molecule has 1 heterocycles. The van der Waals surface area contributed by atoms with Gasteiger partial charge in [-0.1, -0.05) is 49.8 Å². The molecule has 266 valence electrons. The minimum absolute atomic E-state index is 0.0206. The van der Waals surface area contributed by atoms with E-state index in [1.807, 2.05) is 25.1 Å². The number of nitrogens with one attached hydrogen (secondary N) is 1. The Morgan fingerprint density at radius 2 is 1.73 bits per heavy atom. The lowest BCUT2D eigenvalue weighted by molar-refractivity contribution is -0.173. The second kappa shape index (κ2) is 13.2. The summed E-state index contributed by atoms with van der Waals surface area (Å²) in [6, 6.07) is 10.3. The molecule has 0 bridgehead atoms. The number of carbonyl (C=O) groups is 5. The van der Waals surface area contributed by atoms with Crippen molar-refractivity contribution in [2.24, 2.45) is 28.6 Å². The van der Waals surface area contributed by atoms with Gasteiger partial charge in [-0.25, -0.2) is 0 Å². The maximum Gasteiger partial charge on any atom is 0.306 e. The zero-order chi connectivity index (χ0) is 35.2. The summed E-state index contributed by atoms with van der Waals surface area (Å²) in [6.45, 7) is 8.67. The first kappa shape index (κ1) is 35.6. The van der Waals surface area contributed by atoms with Crippen molar-refractivity contribution >= 4 is 29.2 Å². The highest BCUT2D eigenvalue weighted by Gasteiger charge is 2.68. The number of hydrogen-bond donors (Lipinski definition) is 2. The van der Waals surface area contributed by atoms with E-state index in [0.29, 0.717) is 32.4 Å². The van der Waals surface area contributed by atoms with Gasteiger partial charge in [0, 0.05) is 49.2 Å². The molecule has 0 radical (unpaired) electrons. The molecule has 6 rings (SSSR count). The molecule has 1 aliphatic heterocycles. The molecule has 49 heavy (non-hydrogen) atoms. The first-order valence-electron chi connectivity index (χ1n) is 18.3. The van der Waals surface area contributed by atoms with E-state index in [-0.39, 0.29) is 77.3 Å². The van der Waals surface area contributed by atoms with E-state index in [4.69, 9.17) is 9.47 Å². The molecule has 0 unspecified atom stereocenters. The Bertz CT molecular complexity index is 1530. The smallest absolute Gasteiger partial charge is 0.306 e. The van der Waals surface area contributed by atoms with E-state index in [2.05, 4.69) is 38.2 Å². The normalized spacial score (nSPS) is 36.5. The Kier molecular flexibility index (Phi) is 9.59. The average Bonchev–Trinajstić information content (AvgIpc) is 3.33. The van der Waals surface area contributed by atoms with E-state index in [0.717, 1.165) is 37.7 Å². The highest BCUT2D eigenvalue weighted by atomic mass is 16.5. The molecule has 0 spiro atoms. The third kappa shape index (κ3) is 6.46. The fourth-order valence-corrected chi connectivity index (χ4v) is 10.8. The third-order valence-electron chi connectivity index (χ3n) is 13.3. The van der Waals surface area contributed by atoms with E-state index in [1.54, 1.807) is 6.08 Å². The summed E-state index contributed by atoms with van der Waals surface area (Å²) in [6.07, 6.45) is 7.47. The van der Waals surface area contributed by atoms with Gasteiger partial charge in [-0.2, -0.15) is 0 Å². The molecular formula is C40H53NO8. The molecule has 9 nitrogen and oxygen atoms in total. The van der Waals surface area contributed by atoms with Gasteiger partial charge >= 0.3 is 5.97 Å². The van der Waals surface area contributed by atoms with Gasteiger partial charge in [-0.3, -0.25) is 24.0 Å². The minimum Gasteiger partial charge on any atom is -0.458 e. The van der Waals surface area contributed by atoms with Crippen molar-refractivity contribution in [3.63, 3.8) is 0 Å². The average molecular weight is 676 g/mol. The van der Waals surface area contributed by atoms with Crippen LogP contribution in [0, 0.1) is 28.6 Å². The number of aliphatic hydroxyl groups is 1. The lowest BCUT2D eigenvalue weighted by Gasteiger charge is -2.57. The lowest BCUT2D eigenvalue weighted by atomic mass is 9.46. The first-order valence-corrected chi connectivity index (χ1v) is 18.3. The Morgan fingerprint density at radius 1 is 0.980 bits per heavy atom. The maximum atomic E-state index is 13.9. The number of amides is 1. The molecule has 9 heteroatoms. The standard InChI is InChI=1S/C40H53NO8/c1-36(2)25-39(19-21-49-36,26-8-6-5-7-9-26)18-20-41-33(45)12-13-34(46)48-24-32(44)40(47)17-15-30-29-11-10-27-22-28(42)14-16-37(27,3)35(29)31(43)23-38(30,40)4/h5-9,22,29-30,35,47H,10-21,23-25H2,1-4H3,(H,41,45)/t29-,30+,35-,37-,38-,39+,40-/m0/s1. The van der Waals surface area contributed by atoms with Crippen molar-refractivity contribution in [3.05, 3.63) is 47.5 Å². The van der Waals surface area contributed by atoms with E-state index in [9.17, 15) is 29.1 Å². The van der Waals surface area contributed by atoms with Crippen molar-refractivity contribution in [2.75, 3.05) is 19.8 Å². The number of ether oxygens (including phenoxy) is 2. The molecule has 1 aromatic carbocycles. The van der Waals surface area contributed by atoms with Crippen LogP contribution in [-0.2, 0) is 38.9 Å². The summed E-state index contributed by atoms with van der Waals surface area (Å²) in [4.78, 5) is 65.0. The van der Waals surface area contributed by atoms with Crippen molar-refractivity contribution in [1.82, 2.24) is 5.32 Å². The van der Waals surface area contributed by atoms with Gasteiger partial charge in [0.25, 0.3) is 0 Å². The highest BCUT2D eigenvalue weighted by molar-refractivity contribution is 5.95. The Balaban J connectivity index is 1.00. The van der Waals surface area contributed by atoms with Gasteiger partial charge in [-0.15, -0.1) is 0 Å². The van der Waals surface area contributed by atoms with Crippen LogP contribution in [0.1, 0.15) is 110 Å². The van der Waals surface area contributed by atoms with Gasteiger partial charge in [0.2, 0.25) is 11.7 Å². The zero-order valence-corrected chi connectivity index (χ0v) is 29.6. The summed E-state index contributed by atoms with van der Waals surface area (Å²) in [7, 11) is 0. The molecule has 1 aromatic rings. The molecule has 1 amide bonds. The van der Waals surface area contributed by atoms with Crippen LogP contribution < -0.4 is 5.32 Å². The van der Waals surface area contributed by atoms with Crippen LogP contribution in [0.5, 0.6) is 0 Å². The highest BCUT2D eigenvalue weighted by Crippen LogP contribution is 2.66. The molecule has 0 aromatic heterocycles. The van der Waals surface area contributed by atoms with Crippen molar-refractivity contribution in [1.29, 1.82) is 0 Å². The molecule has 3 saturated carbocycles. The van der Waals surface area contributed by atoms with Crippen LogP contribution in [0.15, 0.2) is 42.0 Å². The molecule has 2 N–H and O–H groups in total. The SMILES string of the molecule is CC1(C)C[C@](CCNC(=O)CCC(=O)OCC(=O)[C@@]2(O)CC[C@@H]3[C@@H]4CCC5=CC(=O)CC[C@]5(C)[C@@H]4C(=O)C[C@@]32C)(c2ccccc2)CCO1. The maximum absolute atomic E-state index is 13.9. The number of ketones is 3. The van der Waals surface area contributed by atoms with Gasteiger partial charge in [-0.05, 0) is 94.1 Å². The molecule has 7 atom stereocenters. The number of allylic oxidation sites excluding steroid dienone is 1. The quantitative estimate of drug-likeness (QED) is 0.317. The fraction of sp³-hybridized carbons (Fsp3) is 0.675. The van der Waals surface area contributed by atoms with Gasteiger partial charge in [0.05, 0.1) is 12.0 Å². The van der Waals surface area contributed by atoms with E-state index in [1.165, 1.54) is 5.56 Å². The summed E-state index contributed by atoms with van der Waals surface area (Å²) < 4.78 is 11.3. The first-order chi connectivity index (χ1) is 23.1. The lowest BCUT2D eigenvalue weighted by Crippen LogP contribution is -2.61. The van der Waals surface area contributed by atoms with E-state index < -0.39 is 29.4 Å². The number of esters is 1. The Morgan fingerprint density at radius 3 is 2.47 bits per heavy atom. The van der Waals surface area contributed by atoms with Crippen LogP contribution in [0.2, 0.25) is 0 Å². The van der Waals surface area contributed by atoms with Crippen LogP contribution >= 0.6 is 0 Å². The van der Waals surface area contributed by atoms with Crippen molar-refractivity contribution in [3.8, 4) is 0 Å². The minimum atomic E-state index is -1.77. The van der Waals surface area contributed by atoms with Crippen molar-refractivity contribution < 1.29 is 38.6 Å². The number of hydrogen-bond acceptors (Lipinski definition) is 8. The predicted octanol–water partition coefficient (Wildman–Crippen LogP) is 5.35. The fourth-order valence-electron chi connectivity index (χ4n) is 10.8. The summed E-state index contributed by atoms with van der Waals surface area (Å²) >= 11 is 0. The predicted molar refractivity (Wildman–Crippen MR) is 182 cm³/mol. The third-order valence-corrected chi connectivity index (χ3v) is 13.3.